The lowest BCUT2D eigenvalue weighted by Crippen LogP contribution is -2.39. The van der Waals surface area contributed by atoms with Crippen molar-refractivity contribution in [1.29, 1.82) is 5.26 Å². The molecule has 0 aromatic heterocycles. The standard InChI is InChI=1S/C15H29N3O/c1-15(2,13-16)6-10-18-8-4-14(5-9-18)12-17-7-11-19-3/h14,17H,4-12H2,1-3H3. The molecule has 0 radical (unpaired) electrons. The van der Waals surface area contributed by atoms with Crippen LogP contribution in [0.5, 0.6) is 0 Å². The minimum absolute atomic E-state index is 0.182. The number of nitriles is 1. The van der Waals surface area contributed by atoms with Crippen LogP contribution in [0.1, 0.15) is 33.1 Å². The molecule has 0 atom stereocenters. The Kier molecular flexibility index (Phi) is 7.37. The highest BCUT2D eigenvalue weighted by Crippen LogP contribution is 2.22. The minimum atomic E-state index is -0.182. The van der Waals surface area contributed by atoms with Crippen molar-refractivity contribution < 1.29 is 4.74 Å². The number of methoxy groups -OCH3 is 1. The normalized spacial score (nSPS) is 18.4. The second kappa shape index (κ2) is 8.52. The molecule has 1 rings (SSSR count). The molecule has 0 spiro atoms. The fraction of sp³-hybridized carbons (Fsp3) is 0.933. The maximum absolute atomic E-state index is 9.02. The zero-order valence-electron chi connectivity index (χ0n) is 12.7. The molecule has 1 aliphatic rings. The molecule has 0 unspecified atom stereocenters. The molecular formula is C15H29N3O. The predicted octanol–water partition coefficient (Wildman–Crippen LogP) is 1.87. The Balaban J connectivity index is 2.10. The van der Waals surface area contributed by atoms with Gasteiger partial charge in [0, 0.05) is 13.7 Å². The summed E-state index contributed by atoms with van der Waals surface area (Å²) in [5.41, 5.74) is -0.182. The van der Waals surface area contributed by atoms with Crippen LogP contribution >= 0.6 is 0 Å². The molecule has 1 aliphatic heterocycles. The molecule has 0 aromatic carbocycles. The van der Waals surface area contributed by atoms with Crippen molar-refractivity contribution in [3.63, 3.8) is 0 Å². The van der Waals surface area contributed by atoms with E-state index in [1.807, 2.05) is 13.8 Å². The van der Waals surface area contributed by atoms with E-state index in [0.29, 0.717) is 0 Å². The van der Waals surface area contributed by atoms with Gasteiger partial charge in [0.1, 0.15) is 0 Å². The van der Waals surface area contributed by atoms with Crippen molar-refractivity contribution in [1.82, 2.24) is 10.2 Å². The second-order valence-electron chi connectivity index (χ2n) is 6.23. The van der Waals surface area contributed by atoms with Gasteiger partial charge in [0.25, 0.3) is 0 Å². The van der Waals surface area contributed by atoms with Gasteiger partial charge in [-0.15, -0.1) is 0 Å². The summed E-state index contributed by atoms with van der Waals surface area (Å²) in [5.74, 6) is 0.803. The van der Waals surface area contributed by atoms with E-state index < -0.39 is 0 Å². The van der Waals surface area contributed by atoms with Crippen molar-refractivity contribution in [2.24, 2.45) is 11.3 Å². The van der Waals surface area contributed by atoms with E-state index in [4.69, 9.17) is 10.00 Å². The van der Waals surface area contributed by atoms with Crippen LogP contribution in [0.4, 0.5) is 0 Å². The van der Waals surface area contributed by atoms with Gasteiger partial charge in [-0.1, -0.05) is 0 Å². The third-order valence-corrected chi connectivity index (χ3v) is 3.98. The average molecular weight is 267 g/mol. The lowest BCUT2D eigenvalue weighted by atomic mass is 9.90. The molecule has 19 heavy (non-hydrogen) atoms. The highest BCUT2D eigenvalue weighted by Gasteiger charge is 2.22. The zero-order chi connectivity index (χ0) is 14.1. The van der Waals surface area contributed by atoms with Crippen molar-refractivity contribution in [2.75, 3.05) is 46.4 Å². The molecule has 1 N–H and O–H groups in total. The highest BCUT2D eigenvalue weighted by atomic mass is 16.5. The number of hydrogen-bond acceptors (Lipinski definition) is 4. The van der Waals surface area contributed by atoms with Gasteiger partial charge in [0.05, 0.1) is 18.1 Å². The summed E-state index contributed by atoms with van der Waals surface area (Å²) in [5, 5.41) is 12.5. The molecule has 0 amide bonds. The van der Waals surface area contributed by atoms with Crippen LogP contribution < -0.4 is 5.32 Å². The maximum atomic E-state index is 9.02. The lowest BCUT2D eigenvalue weighted by Gasteiger charge is -2.33. The molecule has 0 aliphatic carbocycles. The molecule has 1 heterocycles. The van der Waals surface area contributed by atoms with Gasteiger partial charge in [0.15, 0.2) is 0 Å². The van der Waals surface area contributed by atoms with Crippen LogP contribution in [0.25, 0.3) is 0 Å². The van der Waals surface area contributed by atoms with Gasteiger partial charge in [-0.25, -0.2) is 0 Å². The molecule has 0 bridgehead atoms. The zero-order valence-corrected chi connectivity index (χ0v) is 12.7. The number of likely N-dealkylation sites (tertiary alicyclic amines) is 1. The van der Waals surface area contributed by atoms with Crippen molar-refractivity contribution in [3.8, 4) is 6.07 Å². The summed E-state index contributed by atoms with van der Waals surface area (Å²) in [7, 11) is 1.74. The van der Waals surface area contributed by atoms with Gasteiger partial charge in [-0.05, 0) is 65.2 Å². The molecule has 0 saturated carbocycles. The quantitative estimate of drug-likeness (QED) is 0.682. The Morgan fingerprint density at radius 1 is 1.37 bits per heavy atom. The van der Waals surface area contributed by atoms with E-state index >= 15 is 0 Å². The molecule has 110 valence electrons. The molecule has 1 fully saturated rings. The van der Waals surface area contributed by atoms with E-state index in [9.17, 15) is 0 Å². The summed E-state index contributed by atoms with van der Waals surface area (Å²) in [6, 6.07) is 2.38. The summed E-state index contributed by atoms with van der Waals surface area (Å²) in [6.45, 7) is 10.3. The van der Waals surface area contributed by atoms with Crippen molar-refractivity contribution >= 4 is 0 Å². The average Bonchev–Trinajstić information content (AvgIpc) is 2.43. The lowest BCUT2D eigenvalue weighted by molar-refractivity contribution is 0.162. The van der Waals surface area contributed by atoms with E-state index in [2.05, 4.69) is 16.3 Å². The number of ether oxygens (including phenoxy) is 1. The monoisotopic (exact) mass is 267 g/mol. The summed E-state index contributed by atoms with van der Waals surface area (Å²) < 4.78 is 5.03. The Hall–Kier alpha value is -0.630. The molecule has 1 saturated heterocycles. The van der Waals surface area contributed by atoms with Gasteiger partial charge < -0.3 is 15.0 Å². The summed E-state index contributed by atoms with van der Waals surface area (Å²) in [4.78, 5) is 2.50. The van der Waals surface area contributed by atoms with Crippen LogP contribution in [0.3, 0.4) is 0 Å². The molecule has 4 heteroatoms. The minimum Gasteiger partial charge on any atom is -0.383 e. The molecule has 4 nitrogen and oxygen atoms in total. The van der Waals surface area contributed by atoms with Crippen molar-refractivity contribution in [2.45, 2.75) is 33.1 Å². The van der Waals surface area contributed by atoms with E-state index in [1.54, 1.807) is 7.11 Å². The Morgan fingerprint density at radius 2 is 2.05 bits per heavy atom. The first kappa shape index (κ1) is 16.4. The number of rotatable bonds is 8. The predicted molar refractivity (Wildman–Crippen MR) is 77.9 cm³/mol. The SMILES string of the molecule is COCCNCC1CCN(CCC(C)(C)C#N)CC1. The van der Waals surface area contributed by atoms with Crippen LogP contribution in [0.15, 0.2) is 0 Å². The van der Waals surface area contributed by atoms with Crippen molar-refractivity contribution in [3.05, 3.63) is 0 Å². The number of nitrogens with zero attached hydrogens (tertiary/aromatic N) is 2. The fourth-order valence-corrected chi connectivity index (χ4v) is 2.39. The third-order valence-electron chi connectivity index (χ3n) is 3.98. The maximum Gasteiger partial charge on any atom is 0.0684 e. The largest absolute Gasteiger partial charge is 0.383 e. The highest BCUT2D eigenvalue weighted by molar-refractivity contribution is 4.92. The first-order valence-corrected chi connectivity index (χ1v) is 7.40. The Morgan fingerprint density at radius 3 is 2.63 bits per heavy atom. The van der Waals surface area contributed by atoms with Crippen LogP contribution in [0.2, 0.25) is 0 Å². The smallest absolute Gasteiger partial charge is 0.0684 e. The second-order valence-corrected chi connectivity index (χ2v) is 6.23. The first-order valence-electron chi connectivity index (χ1n) is 7.40. The topological polar surface area (TPSA) is 48.3 Å². The van der Waals surface area contributed by atoms with Crippen LogP contribution in [-0.2, 0) is 4.74 Å². The molecular weight excluding hydrogens is 238 g/mol. The van der Waals surface area contributed by atoms with Gasteiger partial charge >= 0.3 is 0 Å². The third kappa shape index (κ3) is 6.91. The van der Waals surface area contributed by atoms with E-state index in [-0.39, 0.29) is 5.41 Å². The summed E-state index contributed by atoms with van der Waals surface area (Å²) in [6.07, 6.45) is 3.51. The Bertz CT molecular complexity index is 278. The number of nitrogens with one attached hydrogen (secondary N) is 1. The van der Waals surface area contributed by atoms with Crippen LogP contribution in [-0.4, -0.2) is 51.3 Å². The fourth-order valence-electron chi connectivity index (χ4n) is 2.39. The molecule has 0 aromatic rings. The first-order chi connectivity index (χ1) is 9.07. The number of hydrogen-bond donors (Lipinski definition) is 1. The van der Waals surface area contributed by atoms with Gasteiger partial charge in [-0.2, -0.15) is 5.26 Å². The van der Waals surface area contributed by atoms with E-state index in [1.165, 1.54) is 25.9 Å². The van der Waals surface area contributed by atoms with Gasteiger partial charge in [0.2, 0.25) is 0 Å². The Labute approximate surface area is 118 Å². The van der Waals surface area contributed by atoms with Gasteiger partial charge in [-0.3, -0.25) is 0 Å². The van der Waals surface area contributed by atoms with Crippen LogP contribution in [0, 0.1) is 22.7 Å². The van der Waals surface area contributed by atoms with E-state index in [0.717, 1.165) is 38.6 Å². The number of piperidine rings is 1. The summed E-state index contributed by atoms with van der Waals surface area (Å²) >= 11 is 0.